The standard InChI is InChI=1S/C10H20/c1-5-6-7-8-9-10(2,3)4/h5H,1,6-9H2,2-4H3. The first kappa shape index (κ1) is 9.74. The molecule has 0 rings (SSSR count). The minimum absolute atomic E-state index is 0.515. The van der Waals surface area contributed by atoms with E-state index in [1.165, 1.54) is 25.7 Å². The van der Waals surface area contributed by atoms with E-state index >= 15 is 0 Å². The number of hydrogen-bond donors (Lipinski definition) is 0. The lowest BCUT2D eigenvalue weighted by molar-refractivity contribution is 0.361. The van der Waals surface area contributed by atoms with E-state index < -0.39 is 0 Å². The van der Waals surface area contributed by atoms with Gasteiger partial charge in [-0.15, -0.1) is 6.58 Å². The molecule has 0 unspecified atom stereocenters. The van der Waals surface area contributed by atoms with Gasteiger partial charge in [0.1, 0.15) is 0 Å². The van der Waals surface area contributed by atoms with Crippen molar-refractivity contribution in [1.29, 1.82) is 0 Å². The zero-order valence-electron chi connectivity index (χ0n) is 7.61. The average Bonchev–Trinajstić information content (AvgIpc) is 1.78. The Kier molecular flexibility index (Phi) is 4.42. The molecule has 0 amide bonds. The average molecular weight is 140 g/mol. The van der Waals surface area contributed by atoms with Crippen molar-refractivity contribution in [3.8, 4) is 0 Å². The van der Waals surface area contributed by atoms with E-state index in [2.05, 4.69) is 27.4 Å². The summed E-state index contributed by atoms with van der Waals surface area (Å²) < 4.78 is 0. The molecule has 0 N–H and O–H groups in total. The zero-order valence-corrected chi connectivity index (χ0v) is 7.61. The zero-order chi connectivity index (χ0) is 8.04. The molecular formula is C10H20. The molecule has 0 heterocycles. The molecule has 0 atom stereocenters. The maximum atomic E-state index is 3.69. The summed E-state index contributed by atoms with van der Waals surface area (Å²) in [6.07, 6.45) is 7.16. The lowest BCUT2D eigenvalue weighted by Gasteiger charge is -2.16. The molecule has 0 aliphatic carbocycles. The summed E-state index contributed by atoms with van der Waals surface area (Å²) in [5.41, 5.74) is 0.515. The largest absolute Gasteiger partial charge is 0.103 e. The highest BCUT2D eigenvalue weighted by Crippen LogP contribution is 2.21. The van der Waals surface area contributed by atoms with Crippen molar-refractivity contribution < 1.29 is 0 Å². The summed E-state index contributed by atoms with van der Waals surface area (Å²) in [5, 5.41) is 0. The van der Waals surface area contributed by atoms with Crippen molar-refractivity contribution in [2.75, 3.05) is 0 Å². The highest BCUT2D eigenvalue weighted by Gasteiger charge is 2.07. The summed E-state index contributed by atoms with van der Waals surface area (Å²) in [7, 11) is 0. The Bertz CT molecular complexity index is 84.7. The Labute approximate surface area is 65.3 Å². The number of unbranched alkanes of at least 4 members (excludes halogenated alkanes) is 2. The number of rotatable bonds is 4. The van der Waals surface area contributed by atoms with Crippen molar-refractivity contribution in [2.45, 2.75) is 46.5 Å². The van der Waals surface area contributed by atoms with Crippen LogP contribution in [0, 0.1) is 5.41 Å². The van der Waals surface area contributed by atoms with Crippen LogP contribution < -0.4 is 0 Å². The Morgan fingerprint density at radius 2 is 1.80 bits per heavy atom. The van der Waals surface area contributed by atoms with Crippen molar-refractivity contribution in [3.05, 3.63) is 12.7 Å². The predicted molar refractivity (Wildman–Crippen MR) is 48.1 cm³/mol. The van der Waals surface area contributed by atoms with Crippen LogP contribution >= 0.6 is 0 Å². The van der Waals surface area contributed by atoms with Crippen molar-refractivity contribution >= 4 is 0 Å². The van der Waals surface area contributed by atoms with Gasteiger partial charge in [0.25, 0.3) is 0 Å². The molecule has 0 saturated heterocycles. The molecule has 0 fully saturated rings. The predicted octanol–water partition coefficient (Wildman–Crippen LogP) is 3.78. The molecule has 0 aliphatic heterocycles. The van der Waals surface area contributed by atoms with Gasteiger partial charge >= 0.3 is 0 Å². The van der Waals surface area contributed by atoms with Gasteiger partial charge < -0.3 is 0 Å². The Balaban J connectivity index is 3.12. The van der Waals surface area contributed by atoms with Crippen molar-refractivity contribution in [3.63, 3.8) is 0 Å². The second-order valence-corrected chi connectivity index (χ2v) is 4.10. The van der Waals surface area contributed by atoms with E-state index in [1.54, 1.807) is 0 Å². The van der Waals surface area contributed by atoms with Crippen LogP contribution in [0.2, 0.25) is 0 Å². The topological polar surface area (TPSA) is 0 Å². The summed E-state index contributed by atoms with van der Waals surface area (Å²) in [6.45, 7) is 10.6. The van der Waals surface area contributed by atoms with E-state index in [-0.39, 0.29) is 0 Å². The minimum Gasteiger partial charge on any atom is -0.103 e. The second kappa shape index (κ2) is 4.54. The Morgan fingerprint density at radius 1 is 1.20 bits per heavy atom. The van der Waals surface area contributed by atoms with Crippen molar-refractivity contribution in [2.24, 2.45) is 5.41 Å². The van der Waals surface area contributed by atoms with Gasteiger partial charge in [-0.1, -0.05) is 33.3 Å². The smallest absolute Gasteiger partial charge is 0.0353 e. The maximum absolute atomic E-state index is 3.69. The summed E-state index contributed by atoms with van der Waals surface area (Å²) in [5.74, 6) is 0. The summed E-state index contributed by atoms with van der Waals surface area (Å²) in [4.78, 5) is 0. The van der Waals surface area contributed by atoms with Gasteiger partial charge in [-0.3, -0.25) is 0 Å². The van der Waals surface area contributed by atoms with E-state index in [0.29, 0.717) is 5.41 Å². The first-order chi connectivity index (χ1) is 4.56. The third-order valence-electron chi connectivity index (χ3n) is 1.59. The molecule has 0 aliphatic rings. The Hall–Kier alpha value is -0.260. The number of allylic oxidation sites excluding steroid dienone is 1. The molecule has 60 valence electrons. The van der Waals surface area contributed by atoms with Gasteiger partial charge in [0, 0.05) is 0 Å². The molecule has 10 heavy (non-hydrogen) atoms. The van der Waals surface area contributed by atoms with Gasteiger partial charge in [-0.05, 0) is 24.7 Å². The molecule has 0 spiro atoms. The fourth-order valence-electron chi connectivity index (χ4n) is 0.944. The minimum atomic E-state index is 0.515. The van der Waals surface area contributed by atoms with Gasteiger partial charge in [0.15, 0.2) is 0 Å². The van der Waals surface area contributed by atoms with Crippen LogP contribution in [0.4, 0.5) is 0 Å². The van der Waals surface area contributed by atoms with Crippen LogP contribution in [0.25, 0.3) is 0 Å². The van der Waals surface area contributed by atoms with Gasteiger partial charge in [-0.25, -0.2) is 0 Å². The van der Waals surface area contributed by atoms with Crippen LogP contribution in [0.5, 0.6) is 0 Å². The van der Waals surface area contributed by atoms with Crippen LogP contribution in [0.3, 0.4) is 0 Å². The molecule has 0 aromatic carbocycles. The van der Waals surface area contributed by atoms with Gasteiger partial charge in [0.2, 0.25) is 0 Å². The maximum Gasteiger partial charge on any atom is -0.0353 e. The monoisotopic (exact) mass is 140 g/mol. The first-order valence-electron chi connectivity index (χ1n) is 4.17. The molecule has 0 aromatic heterocycles. The van der Waals surface area contributed by atoms with E-state index in [4.69, 9.17) is 0 Å². The summed E-state index contributed by atoms with van der Waals surface area (Å²) in [6, 6.07) is 0. The molecular weight excluding hydrogens is 120 g/mol. The number of hydrogen-bond acceptors (Lipinski definition) is 0. The van der Waals surface area contributed by atoms with Gasteiger partial charge in [-0.2, -0.15) is 0 Å². The molecule has 0 heteroatoms. The third kappa shape index (κ3) is 7.74. The van der Waals surface area contributed by atoms with Crippen LogP contribution in [-0.2, 0) is 0 Å². The lowest BCUT2D eigenvalue weighted by Crippen LogP contribution is -2.03. The van der Waals surface area contributed by atoms with Crippen LogP contribution in [-0.4, -0.2) is 0 Å². The normalized spacial score (nSPS) is 11.5. The second-order valence-electron chi connectivity index (χ2n) is 4.10. The van der Waals surface area contributed by atoms with Crippen molar-refractivity contribution in [1.82, 2.24) is 0 Å². The molecule has 0 aromatic rings. The summed E-state index contributed by atoms with van der Waals surface area (Å²) >= 11 is 0. The van der Waals surface area contributed by atoms with Crippen LogP contribution in [0.1, 0.15) is 46.5 Å². The van der Waals surface area contributed by atoms with E-state index in [9.17, 15) is 0 Å². The molecule has 0 bridgehead atoms. The fraction of sp³-hybridized carbons (Fsp3) is 0.800. The molecule has 0 radical (unpaired) electrons. The van der Waals surface area contributed by atoms with Crippen LogP contribution in [0.15, 0.2) is 12.7 Å². The quantitative estimate of drug-likeness (QED) is 0.412. The van der Waals surface area contributed by atoms with E-state index in [1.807, 2.05) is 6.08 Å². The lowest BCUT2D eigenvalue weighted by atomic mass is 9.89. The Morgan fingerprint density at radius 3 is 2.20 bits per heavy atom. The highest BCUT2D eigenvalue weighted by molar-refractivity contribution is 4.67. The highest BCUT2D eigenvalue weighted by atomic mass is 14.1. The molecule has 0 saturated carbocycles. The molecule has 0 nitrogen and oxygen atoms in total. The van der Waals surface area contributed by atoms with Gasteiger partial charge in [0.05, 0.1) is 0 Å². The fourth-order valence-corrected chi connectivity index (χ4v) is 0.944. The SMILES string of the molecule is C=CCCCCC(C)(C)C. The first-order valence-corrected chi connectivity index (χ1v) is 4.17. The third-order valence-corrected chi connectivity index (χ3v) is 1.59. The van der Waals surface area contributed by atoms with E-state index in [0.717, 1.165) is 0 Å².